The zero-order valence-corrected chi connectivity index (χ0v) is 13.2. The van der Waals surface area contributed by atoms with Crippen molar-refractivity contribution in [2.24, 2.45) is 0 Å². The van der Waals surface area contributed by atoms with Crippen LogP contribution in [0.4, 0.5) is 10.5 Å². The van der Waals surface area contributed by atoms with Crippen LogP contribution in [0.3, 0.4) is 0 Å². The van der Waals surface area contributed by atoms with Crippen LogP contribution in [0.2, 0.25) is 0 Å². The van der Waals surface area contributed by atoms with Gasteiger partial charge in [0.25, 0.3) is 0 Å². The number of rotatable bonds is 7. The van der Waals surface area contributed by atoms with Crippen LogP contribution < -0.4 is 15.4 Å². The number of carbonyl (C=O) groups is 1. The molecular weight excluding hydrogens is 294 g/mol. The van der Waals surface area contributed by atoms with Crippen LogP contribution in [0.1, 0.15) is 18.5 Å². The average molecular weight is 315 g/mol. The second-order valence-corrected chi connectivity index (χ2v) is 6.34. The SMILES string of the molecule is COC(=O)NCCNC(C)c1cccc(NS(C)(=O)=O)c1. The third-order valence-electron chi connectivity index (χ3n) is 2.72. The smallest absolute Gasteiger partial charge is 0.406 e. The molecule has 0 aliphatic rings. The summed E-state index contributed by atoms with van der Waals surface area (Å²) < 4.78 is 29.3. The minimum absolute atomic E-state index is 0.0192. The molecule has 0 heterocycles. The molecule has 0 aromatic heterocycles. The highest BCUT2D eigenvalue weighted by Gasteiger charge is 2.07. The molecule has 0 radical (unpaired) electrons. The largest absolute Gasteiger partial charge is 0.453 e. The molecule has 8 heteroatoms. The van der Waals surface area contributed by atoms with Gasteiger partial charge >= 0.3 is 6.09 Å². The summed E-state index contributed by atoms with van der Waals surface area (Å²) in [7, 11) is -1.97. The maximum Gasteiger partial charge on any atom is 0.406 e. The monoisotopic (exact) mass is 315 g/mol. The Morgan fingerprint density at radius 3 is 2.67 bits per heavy atom. The summed E-state index contributed by atoms with van der Waals surface area (Å²) >= 11 is 0. The number of anilines is 1. The van der Waals surface area contributed by atoms with Crippen LogP contribution in [0, 0.1) is 0 Å². The molecule has 0 spiro atoms. The number of carbonyl (C=O) groups excluding carboxylic acids is 1. The minimum Gasteiger partial charge on any atom is -0.453 e. The maximum absolute atomic E-state index is 11.2. The minimum atomic E-state index is -3.28. The summed E-state index contributed by atoms with van der Waals surface area (Å²) in [5.74, 6) is 0. The molecule has 118 valence electrons. The predicted molar refractivity (Wildman–Crippen MR) is 81.7 cm³/mol. The van der Waals surface area contributed by atoms with E-state index in [-0.39, 0.29) is 6.04 Å². The molecule has 3 N–H and O–H groups in total. The van der Waals surface area contributed by atoms with E-state index in [0.29, 0.717) is 18.8 Å². The zero-order valence-electron chi connectivity index (χ0n) is 12.3. The van der Waals surface area contributed by atoms with Gasteiger partial charge in [-0.1, -0.05) is 12.1 Å². The van der Waals surface area contributed by atoms with E-state index >= 15 is 0 Å². The number of hydrogen-bond acceptors (Lipinski definition) is 5. The molecule has 1 amide bonds. The molecule has 0 saturated carbocycles. The lowest BCUT2D eigenvalue weighted by atomic mass is 10.1. The molecule has 7 nitrogen and oxygen atoms in total. The highest BCUT2D eigenvalue weighted by atomic mass is 32.2. The molecule has 1 aromatic rings. The lowest BCUT2D eigenvalue weighted by Gasteiger charge is -2.15. The normalized spacial score (nSPS) is 12.5. The highest BCUT2D eigenvalue weighted by molar-refractivity contribution is 7.92. The van der Waals surface area contributed by atoms with Gasteiger partial charge < -0.3 is 15.4 Å². The zero-order chi connectivity index (χ0) is 15.9. The Labute approximate surface area is 125 Å². The maximum atomic E-state index is 11.2. The average Bonchev–Trinajstić information content (AvgIpc) is 2.41. The van der Waals surface area contributed by atoms with Crippen LogP contribution in [-0.4, -0.2) is 41.0 Å². The molecule has 0 aliphatic heterocycles. The van der Waals surface area contributed by atoms with E-state index in [1.54, 1.807) is 18.2 Å². The lowest BCUT2D eigenvalue weighted by Crippen LogP contribution is -2.32. The Morgan fingerprint density at radius 1 is 1.33 bits per heavy atom. The third kappa shape index (κ3) is 6.96. The van der Waals surface area contributed by atoms with Crippen molar-refractivity contribution < 1.29 is 17.9 Å². The summed E-state index contributed by atoms with van der Waals surface area (Å²) in [5.41, 5.74) is 1.47. The van der Waals surface area contributed by atoms with E-state index in [9.17, 15) is 13.2 Å². The first-order valence-corrected chi connectivity index (χ1v) is 8.34. The molecular formula is C13H21N3O4S. The standard InChI is InChI=1S/C13H21N3O4S/c1-10(14-7-8-15-13(17)20-2)11-5-4-6-12(9-11)16-21(3,18)19/h4-6,9-10,14,16H,7-8H2,1-3H3,(H,15,17). The fraction of sp³-hybridized carbons (Fsp3) is 0.462. The highest BCUT2D eigenvalue weighted by Crippen LogP contribution is 2.17. The van der Waals surface area contributed by atoms with Crippen molar-refractivity contribution in [3.05, 3.63) is 29.8 Å². The van der Waals surface area contributed by atoms with E-state index in [1.165, 1.54) is 7.11 Å². The molecule has 1 unspecified atom stereocenters. The van der Waals surface area contributed by atoms with Crippen LogP contribution in [0.5, 0.6) is 0 Å². The van der Waals surface area contributed by atoms with Gasteiger partial charge in [0.05, 0.1) is 13.4 Å². The van der Waals surface area contributed by atoms with E-state index < -0.39 is 16.1 Å². The number of ether oxygens (including phenoxy) is 1. The first-order valence-electron chi connectivity index (χ1n) is 6.45. The van der Waals surface area contributed by atoms with Crippen molar-refractivity contribution >= 4 is 21.8 Å². The summed E-state index contributed by atoms with van der Waals surface area (Å²) in [4.78, 5) is 10.9. The Balaban J connectivity index is 2.52. The summed E-state index contributed by atoms with van der Waals surface area (Å²) in [6.07, 6.45) is 0.642. The van der Waals surface area contributed by atoms with Gasteiger partial charge in [0.15, 0.2) is 0 Å². The second-order valence-electron chi connectivity index (χ2n) is 4.59. The van der Waals surface area contributed by atoms with E-state index in [0.717, 1.165) is 11.8 Å². The van der Waals surface area contributed by atoms with Gasteiger partial charge in [-0.3, -0.25) is 4.72 Å². The van der Waals surface area contributed by atoms with Crippen molar-refractivity contribution in [2.75, 3.05) is 31.2 Å². The van der Waals surface area contributed by atoms with Crippen molar-refractivity contribution in [1.29, 1.82) is 0 Å². The molecule has 1 atom stereocenters. The van der Waals surface area contributed by atoms with Crippen molar-refractivity contribution in [2.45, 2.75) is 13.0 Å². The van der Waals surface area contributed by atoms with Gasteiger partial charge in [-0.2, -0.15) is 0 Å². The first-order chi connectivity index (χ1) is 9.81. The van der Waals surface area contributed by atoms with Crippen LogP contribution in [0.15, 0.2) is 24.3 Å². The van der Waals surface area contributed by atoms with Crippen molar-refractivity contribution in [3.8, 4) is 0 Å². The molecule has 1 rings (SSSR count). The molecule has 0 saturated heterocycles. The number of alkyl carbamates (subject to hydrolysis) is 1. The number of hydrogen-bond donors (Lipinski definition) is 3. The van der Waals surface area contributed by atoms with Gasteiger partial charge in [-0.25, -0.2) is 13.2 Å². The van der Waals surface area contributed by atoms with Gasteiger partial charge in [-0.05, 0) is 24.6 Å². The summed E-state index contributed by atoms with van der Waals surface area (Å²) in [6.45, 7) is 2.97. The van der Waals surface area contributed by atoms with Crippen LogP contribution >= 0.6 is 0 Å². The number of sulfonamides is 1. The van der Waals surface area contributed by atoms with Crippen LogP contribution in [0.25, 0.3) is 0 Å². The van der Waals surface area contributed by atoms with E-state index in [1.807, 2.05) is 13.0 Å². The lowest BCUT2D eigenvalue weighted by molar-refractivity contribution is 0.171. The Bertz CT molecular complexity index is 575. The van der Waals surface area contributed by atoms with E-state index in [2.05, 4.69) is 20.1 Å². The molecule has 0 aliphatic carbocycles. The Kier molecular flexibility index (Phi) is 6.44. The fourth-order valence-corrected chi connectivity index (χ4v) is 2.28. The Morgan fingerprint density at radius 2 is 2.05 bits per heavy atom. The van der Waals surface area contributed by atoms with Gasteiger partial charge in [0.1, 0.15) is 0 Å². The van der Waals surface area contributed by atoms with E-state index in [4.69, 9.17) is 0 Å². The van der Waals surface area contributed by atoms with Crippen molar-refractivity contribution in [3.63, 3.8) is 0 Å². The summed E-state index contributed by atoms with van der Waals surface area (Å²) in [5, 5.41) is 5.79. The molecule has 1 aromatic carbocycles. The predicted octanol–water partition coefficient (Wildman–Crippen LogP) is 1.06. The van der Waals surface area contributed by atoms with Gasteiger partial charge in [-0.15, -0.1) is 0 Å². The third-order valence-corrected chi connectivity index (χ3v) is 3.33. The molecule has 0 bridgehead atoms. The van der Waals surface area contributed by atoms with Gasteiger partial charge in [0.2, 0.25) is 10.0 Å². The number of nitrogens with one attached hydrogen (secondary N) is 3. The number of amides is 1. The second kappa shape index (κ2) is 7.84. The quantitative estimate of drug-likeness (QED) is 0.654. The summed E-state index contributed by atoms with van der Waals surface area (Å²) in [6, 6.07) is 7.17. The van der Waals surface area contributed by atoms with Gasteiger partial charge in [0, 0.05) is 24.8 Å². The molecule has 21 heavy (non-hydrogen) atoms. The number of benzene rings is 1. The van der Waals surface area contributed by atoms with Crippen LogP contribution in [-0.2, 0) is 14.8 Å². The molecule has 0 fully saturated rings. The van der Waals surface area contributed by atoms with Crippen molar-refractivity contribution in [1.82, 2.24) is 10.6 Å². The first kappa shape index (κ1) is 17.3. The topological polar surface area (TPSA) is 96.5 Å². The number of methoxy groups -OCH3 is 1. The fourth-order valence-electron chi connectivity index (χ4n) is 1.73. The Hall–Kier alpha value is -1.80.